The van der Waals surface area contributed by atoms with Gasteiger partial charge in [-0.15, -0.1) is 13.2 Å². The van der Waals surface area contributed by atoms with Crippen LogP contribution in [-0.4, -0.2) is 6.36 Å². The van der Waals surface area contributed by atoms with Gasteiger partial charge in [-0.1, -0.05) is 54.6 Å². The van der Waals surface area contributed by atoms with Gasteiger partial charge in [0.15, 0.2) is 11.4 Å². The molecule has 0 amide bonds. The summed E-state index contributed by atoms with van der Waals surface area (Å²) in [6, 6.07) is 36.3. The number of fused-ring (bicyclic) bond motifs is 3. The van der Waals surface area contributed by atoms with E-state index >= 15 is 0 Å². The fourth-order valence-electron chi connectivity index (χ4n) is 6.93. The highest BCUT2D eigenvalue weighted by atomic mass is 19.4. The highest BCUT2D eigenvalue weighted by Gasteiger charge is 2.35. The number of hydrogen-bond acceptors (Lipinski definition) is 4. The first-order valence-electron chi connectivity index (χ1n) is 16.7. The van der Waals surface area contributed by atoms with Crippen LogP contribution in [0.5, 0.6) is 5.75 Å². The van der Waals surface area contributed by atoms with Crippen molar-refractivity contribution in [2.75, 3.05) is 0 Å². The van der Waals surface area contributed by atoms with E-state index in [1.54, 1.807) is 54.6 Å². The monoisotopic (exact) mass is 730 g/mol. The Morgan fingerprint density at radius 2 is 1.02 bits per heavy atom. The summed E-state index contributed by atoms with van der Waals surface area (Å²) < 4.78 is 46.5. The summed E-state index contributed by atoms with van der Waals surface area (Å²) in [4.78, 5) is 10.3. The van der Waals surface area contributed by atoms with Gasteiger partial charge in [-0.3, -0.25) is 0 Å². The number of hydrogen-bond donors (Lipinski definition) is 0. The van der Waals surface area contributed by atoms with Gasteiger partial charge >= 0.3 is 6.36 Å². The fourth-order valence-corrected chi connectivity index (χ4v) is 6.93. The second-order valence-electron chi connectivity index (χ2n) is 12.7. The van der Waals surface area contributed by atoms with E-state index in [4.69, 9.17) is 19.7 Å². The van der Waals surface area contributed by atoms with Crippen molar-refractivity contribution in [1.82, 2.24) is 0 Å². The smallest absolute Gasteiger partial charge is 0.405 e. The molecule has 0 saturated heterocycles. The number of alkyl halides is 3. The zero-order valence-electron chi connectivity index (χ0n) is 29.1. The number of halogens is 3. The molecule has 7 rings (SSSR count). The molecule has 0 atom stereocenters. The minimum atomic E-state index is -5.06. The summed E-state index contributed by atoms with van der Waals surface area (Å²) in [6.07, 6.45) is -5.06. The maximum Gasteiger partial charge on any atom is 0.573 e. The molecule has 0 N–H and O–H groups in total. The topological polar surface area (TPSA) is 93.7 Å². The summed E-state index contributed by atoms with van der Waals surface area (Å²) in [5.41, 5.74) is 8.68. The quantitative estimate of drug-likeness (QED) is 0.130. The summed E-state index contributed by atoms with van der Waals surface area (Å²) in [5.74, 6) is -0.521. The molecule has 0 heterocycles. The maximum atomic E-state index is 14.0. The van der Waals surface area contributed by atoms with Crippen LogP contribution in [0.25, 0.3) is 75.7 Å². The van der Waals surface area contributed by atoms with Gasteiger partial charge in [-0.25, -0.2) is 19.8 Å². The Balaban J connectivity index is 1.38. The Labute approximate surface area is 319 Å². The number of ether oxygens (including phenoxy) is 1. The van der Waals surface area contributed by atoms with Crippen LogP contribution in [0.3, 0.4) is 0 Å². The molecular weight excluding hydrogens is 710 g/mol. The van der Waals surface area contributed by atoms with E-state index in [1.165, 1.54) is 18.2 Å². The molecule has 1 aliphatic carbocycles. The van der Waals surface area contributed by atoms with Crippen LogP contribution < -0.4 is 4.74 Å². The standard InChI is InChI=1S/C46H21F3N6O/c1-26-13-41-39(20-37(26)31-9-5-29(6-10-31)33-14-27(23-50)16-35(18-33)53-2)40-21-38(44(56-46(47,48)49)22-42(40)45(41)43(25-52)55-4)32-11-7-30(8-12-32)34-15-28(24-51)17-36(19-34)54-3/h5-22H,1H3/b45-43+. The SMILES string of the molecule is [C-]#[N+]/C(C#N)=C1\c2cc(C)c(-c3ccc(-c4cc(C#N)cc([N+]#[C-])c4)cc3)cc2-c2cc(-c3ccc(-c4cc(C#N)cc([N+]#[C-])c4)cc3)c(OC(F)(F)F)cc21. The number of nitriles is 3. The maximum absolute atomic E-state index is 14.0. The highest BCUT2D eigenvalue weighted by Crippen LogP contribution is 2.52. The molecule has 0 fully saturated rings. The van der Waals surface area contributed by atoms with Crippen molar-refractivity contribution in [2.45, 2.75) is 13.3 Å². The second-order valence-corrected chi connectivity index (χ2v) is 12.7. The lowest BCUT2D eigenvalue weighted by Gasteiger charge is -2.17. The van der Waals surface area contributed by atoms with E-state index in [-0.39, 0.29) is 28.1 Å². The molecule has 56 heavy (non-hydrogen) atoms. The molecule has 1 aliphatic rings. The van der Waals surface area contributed by atoms with Gasteiger partial charge in [0.2, 0.25) is 0 Å². The van der Waals surface area contributed by atoms with Crippen LogP contribution in [-0.2, 0) is 0 Å². The third-order valence-corrected chi connectivity index (χ3v) is 9.40. The fraction of sp³-hybridized carbons (Fsp3) is 0.0435. The Kier molecular flexibility index (Phi) is 9.12. The highest BCUT2D eigenvalue weighted by molar-refractivity contribution is 6.06. The normalized spacial score (nSPS) is 12.0. The minimum Gasteiger partial charge on any atom is -0.405 e. The van der Waals surface area contributed by atoms with E-state index < -0.39 is 12.1 Å². The van der Waals surface area contributed by atoms with Gasteiger partial charge in [0.05, 0.1) is 37.9 Å². The lowest BCUT2D eigenvalue weighted by molar-refractivity contribution is -0.274. The minimum absolute atomic E-state index is 0.110. The van der Waals surface area contributed by atoms with Crippen molar-refractivity contribution < 1.29 is 17.9 Å². The Hall–Kier alpha value is -8.41. The second kappa shape index (κ2) is 14.2. The summed E-state index contributed by atoms with van der Waals surface area (Å²) in [5, 5.41) is 28.9. The molecule has 0 aliphatic heterocycles. The van der Waals surface area contributed by atoms with Crippen molar-refractivity contribution in [2.24, 2.45) is 0 Å². The van der Waals surface area contributed by atoms with E-state index in [0.717, 1.165) is 22.3 Å². The first-order valence-corrected chi connectivity index (χ1v) is 16.7. The van der Waals surface area contributed by atoms with E-state index in [9.17, 15) is 29.0 Å². The number of benzene rings is 6. The van der Waals surface area contributed by atoms with Crippen molar-refractivity contribution in [3.63, 3.8) is 0 Å². The molecule has 6 aromatic rings. The average molecular weight is 731 g/mol. The predicted molar refractivity (Wildman–Crippen MR) is 205 cm³/mol. The first kappa shape index (κ1) is 36.0. The molecule has 0 saturated carbocycles. The molecule has 0 radical (unpaired) electrons. The molecule has 0 spiro atoms. The Morgan fingerprint density at radius 1 is 0.554 bits per heavy atom. The van der Waals surface area contributed by atoms with Crippen molar-refractivity contribution in [3.8, 4) is 79.6 Å². The van der Waals surface area contributed by atoms with Gasteiger partial charge in [0.25, 0.3) is 5.70 Å². The first-order chi connectivity index (χ1) is 27.0. The average Bonchev–Trinajstić information content (AvgIpc) is 3.51. The van der Waals surface area contributed by atoms with E-state index in [0.29, 0.717) is 55.8 Å². The lowest BCUT2D eigenvalue weighted by Crippen LogP contribution is -2.17. The number of allylic oxidation sites excluding steroid dienone is 1. The number of aryl methyl sites for hydroxylation is 1. The zero-order chi connectivity index (χ0) is 39.7. The third kappa shape index (κ3) is 6.67. The molecule has 0 aromatic heterocycles. The predicted octanol–water partition coefficient (Wildman–Crippen LogP) is 12.6. The van der Waals surface area contributed by atoms with Crippen LogP contribution in [0.1, 0.15) is 27.8 Å². The summed E-state index contributed by atoms with van der Waals surface area (Å²) in [7, 11) is 0. The molecule has 0 unspecified atom stereocenters. The van der Waals surface area contributed by atoms with Crippen LogP contribution in [0, 0.1) is 60.6 Å². The van der Waals surface area contributed by atoms with Gasteiger partial charge in [-0.2, -0.15) is 10.5 Å². The van der Waals surface area contributed by atoms with Crippen LogP contribution in [0.4, 0.5) is 24.5 Å². The summed E-state index contributed by atoms with van der Waals surface area (Å²) in [6.45, 7) is 24.4. The van der Waals surface area contributed by atoms with E-state index in [2.05, 4.69) is 25.3 Å². The summed E-state index contributed by atoms with van der Waals surface area (Å²) >= 11 is 0. The van der Waals surface area contributed by atoms with Crippen LogP contribution in [0.2, 0.25) is 0 Å². The van der Waals surface area contributed by atoms with Crippen LogP contribution in [0.15, 0.2) is 115 Å². The van der Waals surface area contributed by atoms with Gasteiger partial charge in [0, 0.05) is 22.3 Å². The molecular formula is C46H21F3N6O. The lowest BCUT2D eigenvalue weighted by atomic mass is 9.91. The number of nitrogens with zero attached hydrogens (tertiary/aromatic N) is 6. The largest absolute Gasteiger partial charge is 0.573 e. The molecule has 7 nitrogen and oxygen atoms in total. The van der Waals surface area contributed by atoms with E-state index in [1.807, 2.05) is 55.5 Å². The van der Waals surface area contributed by atoms with Crippen molar-refractivity contribution in [3.05, 3.63) is 177 Å². The number of rotatable bonds is 5. The van der Waals surface area contributed by atoms with Gasteiger partial charge < -0.3 is 4.74 Å². The molecule has 0 bridgehead atoms. The zero-order valence-corrected chi connectivity index (χ0v) is 29.1. The molecule has 10 heteroatoms. The van der Waals surface area contributed by atoms with Crippen molar-refractivity contribution in [1.29, 1.82) is 15.8 Å². The van der Waals surface area contributed by atoms with Gasteiger partial charge in [-0.05, 0) is 128 Å². The molecule has 262 valence electrons. The van der Waals surface area contributed by atoms with Gasteiger partial charge in [0.1, 0.15) is 5.75 Å². The Morgan fingerprint density at radius 3 is 1.46 bits per heavy atom. The van der Waals surface area contributed by atoms with Crippen LogP contribution >= 0.6 is 0 Å². The third-order valence-electron chi connectivity index (χ3n) is 9.40. The Bertz CT molecular complexity index is 2860. The van der Waals surface area contributed by atoms with Crippen molar-refractivity contribution >= 4 is 16.9 Å². The molecule has 6 aromatic carbocycles.